The second kappa shape index (κ2) is 23.8. The van der Waals surface area contributed by atoms with Crippen LogP contribution in [0.4, 0.5) is 0 Å². The van der Waals surface area contributed by atoms with Crippen LogP contribution in [0.5, 0.6) is 0 Å². The van der Waals surface area contributed by atoms with Gasteiger partial charge in [-0.25, -0.2) is 0 Å². The summed E-state index contributed by atoms with van der Waals surface area (Å²) in [6, 6.07) is 0. The minimum atomic E-state index is -1.00. The lowest BCUT2D eigenvalue weighted by Crippen LogP contribution is -2.34. The summed E-state index contributed by atoms with van der Waals surface area (Å²) in [4.78, 5) is 0. The Morgan fingerprint density at radius 3 is 0.941 bits per heavy atom. The maximum atomic E-state index is 7.05. The lowest BCUT2D eigenvalue weighted by atomic mass is 9.59. The summed E-state index contributed by atoms with van der Waals surface area (Å²) in [6.45, 7) is 31.8. The average Bonchev–Trinajstić information content (AvgIpc) is 3.51. The molecule has 0 radical (unpaired) electrons. The standard InChI is InChI=1S/C14H26.C12H22.C11H20.2C5H12.C4H10/c1-12-4-6-14(7-5-12)10-8-13(2,3)9-11-14;1-11-5-9-12(10-6-11)7-3-2-4-8-12;1-10-4-8-11(9-5-10)6-2-3-7-11;1-5(2,3)4;1-4-5(2)3;1-4(2)3/h12H,4-11H2,1-3H3;11H,2-10H2,1H3;10H,2-9H2,1H3;1-4H3;5H,4H2,1-3H3;4H,1-3H3/i;;;;4D2;4D. The van der Waals surface area contributed by atoms with E-state index >= 15 is 0 Å². The van der Waals surface area contributed by atoms with Crippen molar-refractivity contribution in [3.05, 3.63) is 0 Å². The molecule has 3 spiro atoms. The predicted molar refractivity (Wildman–Crippen MR) is 235 cm³/mol. The molecule has 6 aliphatic carbocycles. The highest BCUT2D eigenvalue weighted by Gasteiger charge is 2.40. The first-order valence-electron chi connectivity index (χ1n) is 24.6. The zero-order valence-corrected chi connectivity index (χ0v) is 38.5. The Labute approximate surface area is 330 Å². The Hall–Kier alpha value is 0. The minimum absolute atomic E-state index is 0.132. The normalized spacial score (nSPS) is 26.9. The maximum Gasteiger partial charge on any atom is 0.0294 e. The van der Waals surface area contributed by atoms with Gasteiger partial charge in [-0.2, -0.15) is 0 Å². The molecule has 0 aromatic rings. The van der Waals surface area contributed by atoms with Gasteiger partial charge in [-0.15, -0.1) is 0 Å². The first-order chi connectivity index (χ1) is 24.6. The van der Waals surface area contributed by atoms with Crippen molar-refractivity contribution in [1.82, 2.24) is 0 Å². The fourth-order valence-corrected chi connectivity index (χ4v) is 9.51. The minimum Gasteiger partial charge on any atom is -0.0651 e. The monoisotopic (exact) mass is 718 g/mol. The summed E-state index contributed by atoms with van der Waals surface area (Å²) in [5, 5.41) is 0. The molecule has 6 rings (SSSR count). The van der Waals surface area contributed by atoms with Crippen LogP contribution in [0.25, 0.3) is 0 Å². The van der Waals surface area contributed by atoms with Gasteiger partial charge in [-0.05, 0) is 147 Å². The molecule has 0 unspecified atom stereocenters. The van der Waals surface area contributed by atoms with Crippen LogP contribution in [-0.2, 0) is 0 Å². The van der Waals surface area contributed by atoms with E-state index in [1.807, 2.05) is 34.6 Å². The molecule has 0 aromatic carbocycles. The first kappa shape index (κ1) is 43.7. The van der Waals surface area contributed by atoms with Gasteiger partial charge in [0.25, 0.3) is 0 Å². The van der Waals surface area contributed by atoms with Crippen LogP contribution in [0.3, 0.4) is 0 Å². The van der Waals surface area contributed by atoms with Gasteiger partial charge >= 0.3 is 0 Å². The van der Waals surface area contributed by atoms with E-state index in [4.69, 9.17) is 4.11 Å². The van der Waals surface area contributed by atoms with E-state index in [0.717, 1.165) is 34.0 Å². The first-order valence-corrected chi connectivity index (χ1v) is 23.1. The molecule has 0 amide bonds. The van der Waals surface area contributed by atoms with Crippen LogP contribution in [0, 0.1) is 56.6 Å². The second-order valence-electron chi connectivity index (χ2n) is 22.9. The quantitative estimate of drug-likeness (QED) is 0.253. The summed E-state index contributed by atoms with van der Waals surface area (Å²) >= 11 is 0. The fraction of sp³-hybridized carbons (Fsp3) is 1.00. The molecule has 0 bridgehead atoms. The fourth-order valence-electron chi connectivity index (χ4n) is 9.51. The zero-order valence-electron chi connectivity index (χ0n) is 41.5. The summed E-state index contributed by atoms with van der Waals surface area (Å²) < 4.78 is 21.0. The lowest BCUT2D eigenvalue weighted by Gasteiger charge is -2.47. The van der Waals surface area contributed by atoms with Gasteiger partial charge in [0.2, 0.25) is 0 Å². The smallest absolute Gasteiger partial charge is 0.0294 e. The molecule has 6 fully saturated rings. The number of rotatable bonds is 1. The molecule has 0 aliphatic heterocycles. The zero-order chi connectivity index (χ0) is 41.5. The Balaban J connectivity index is 0.000000339. The Kier molecular flexibility index (Phi) is 20.4. The highest BCUT2D eigenvalue weighted by Crippen LogP contribution is 2.53. The Bertz CT molecular complexity index is 896. The van der Waals surface area contributed by atoms with Crippen molar-refractivity contribution in [2.24, 2.45) is 56.6 Å². The van der Waals surface area contributed by atoms with Crippen LogP contribution in [0.2, 0.25) is 0 Å². The van der Waals surface area contributed by atoms with Gasteiger partial charge in [0.1, 0.15) is 0 Å². The largest absolute Gasteiger partial charge is 0.0651 e. The van der Waals surface area contributed by atoms with Crippen LogP contribution in [-0.4, -0.2) is 0 Å². The number of hydrogen-bond acceptors (Lipinski definition) is 0. The van der Waals surface area contributed by atoms with Crippen LogP contribution < -0.4 is 0 Å². The maximum absolute atomic E-state index is 7.05. The van der Waals surface area contributed by atoms with Gasteiger partial charge in [-0.1, -0.05) is 181 Å². The van der Waals surface area contributed by atoms with Crippen molar-refractivity contribution in [1.29, 1.82) is 0 Å². The summed E-state index contributed by atoms with van der Waals surface area (Å²) in [5.74, 6) is 2.95. The highest BCUT2D eigenvalue weighted by molar-refractivity contribution is 4.92. The van der Waals surface area contributed by atoms with E-state index in [2.05, 4.69) is 62.3 Å². The van der Waals surface area contributed by atoms with E-state index in [1.54, 1.807) is 58.3 Å². The van der Waals surface area contributed by atoms with Crippen LogP contribution in [0.15, 0.2) is 0 Å². The SMILES string of the molecule is CC(C)(C)C.CC1CCC2(CC1)CCC(C)(C)CC2.CC1CCC2(CCCC2)CC1.CC1CCC2(CCCCC2)CC1.[2H]C(C)(C)C.[2H]C([2H])(C)C(C)C. The number of hydrogen-bond donors (Lipinski definition) is 0. The molecule has 0 nitrogen and oxygen atoms in total. The van der Waals surface area contributed by atoms with Crippen molar-refractivity contribution in [3.63, 3.8) is 0 Å². The van der Waals surface area contributed by atoms with Crippen molar-refractivity contribution < 1.29 is 4.11 Å². The van der Waals surface area contributed by atoms with Gasteiger partial charge in [0, 0.05) is 4.11 Å². The van der Waals surface area contributed by atoms with E-state index in [9.17, 15) is 0 Å². The Morgan fingerprint density at radius 1 is 0.490 bits per heavy atom. The molecule has 0 N–H and O–H groups in total. The van der Waals surface area contributed by atoms with Crippen molar-refractivity contribution in [2.75, 3.05) is 0 Å². The van der Waals surface area contributed by atoms with E-state index in [0.29, 0.717) is 10.8 Å². The van der Waals surface area contributed by atoms with Gasteiger partial charge in [0.05, 0.1) is 0 Å². The molecule has 6 aliphatic rings. The molecule has 306 valence electrons. The lowest BCUT2D eigenvalue weighted by molar-refractivity contribution is 0.0511. The third kappa shape index (κ3) is 22.9. The van der Waals surface area contributed by atoms with E-state index in [-0.39, 0.29) is 11.8 Å². The van der Waals surface area contributed by atoms with Crippen LogP contribution in [0.1, 0.15) is 275 Å². The molecule has 6 saturated carbocycles. The summed E-state index contributed by atoms with van der Waals surface area (Å²) in [7, 11) is 0. The van der Waals surface area contributed by atoms with Crippen molar-refractivity contribution in [2.45, 2.75) is 271 Å². The van der Waals surface area contributed by atoms with Gasteiger partial charge in [0.15, 0.2) is 0 Å². The molecule has 0 heteroatoms. The average molecular weight is 718 g/mol. The molecular weight excluding hydrogens is 613 g/mol. The van der Waals surface area contributed by atoms with Gasteiger partial charge in [-0.3, -0.25) is 0 Å². The summed E-state index contributed by atoms with van der Waals surface area (Å²) in [5.41, 5.74) is 3.63. The highest BCUT2D eigenvalue weighted by atomic mass is 14.5. The van der Waals surface area contributed by atoms with Crippen molar-refractivity contribution in [3.8, 4) is 0 Å². The molecule has 0 atom stereocenters. The second-order valence-corrected chi connectivity index (χ2v) is 22.9. The molecular formula is C51H102. The Morgan fingerprint density at radius 2 is 0.706 bits per heavy atom. The molecule has 0 saturated heterocycles. The third-order valence-electron chi connectivity index (χ3n) is 13.8. The van der Waals surface area contributed by atoms with Gasteiger partial charge < -0.3 is 0 Å². The van der Waals surface area contributed by atoms with Crippen molar-refractivity contribution >= 4 is 0 Å². The van der Waals surface area contributed by atoms with E-state index in [1.165, 1.54) is 109 Å². The predicted octanol–water partition coefficient (Wildman–Crippen LogP) is 18.5. The summed E-state index contributed by atoms with van der Waals surface area (Å²) in [6.07, 6.45) is 37.1. The van der Waals surface area contributed by atoms with E-state index < -0.39 is 6.37 Å². The molecule has 0 heterocycles. The third-order valence-corrected chi connectivity index (χ3v) is 13.8. The van der Waals surface area contributed by atoms with Crippen LogP contribution >= 0.6 is 0 Å². The molecule has 0 aromatic heterocycles. The molecule has 51 heavy (non-hydrogen) atoms. The topological polar surface area (TPSA) is 0 Å².